The molecule has 1 aliphatic carbocycles. The van der Waals surface area contributed by atoms with Crippen molar-refractivity contribution in [2.24, 2.45) is 0 Å². The molecule has 1 heterocycles. The van der Waals surface area contributed by atoms with E-state index in [2.05, 4.69) is 24.1 Å². The van der Waals surface area contributed by atoms with E-state index in [0.717, 1.165) is 32.5 Å². The molecule has 0 spiro atoms. The van der Waals surface area contributed by atoms with Gasteiger partial charge in [-0.25, -0.2) is 0 Å². The van der Waals surface area contributed by atoms with Crippen molar-refractivity contribution in [2.75, 3.05) is 26.7 Å². The predicted molar refractivity (Wildman–Crippen MR) is 82.3 cm³/mol. The summed E-state index contributed by atoms with van der Waals surface area (Å²) in [6.45, 7) is 9.19. The second-order valence-electron chi connectivity index (χ2n) is 6.86. The molecule has 0 bridgehead atoms. The molecule has 1 saturated heterocycles. The molecular formula is C16H30N2O3. The molecule has 1 aliphatic heterocycles. The van der Waals surface area contributed by atoms with E-state index in [1.165, 1.54) is 20.0 Å². The Kier molecular flexibility index (Phi) is 5.63. The molecule has 2 rings (SSSR count). The lowest BCUT2D eigenvalue weighted by Gasteiger charge is -2.36. The van der Waals surface area contributed by atoms with Crippen LogP contribution in [0.2, 0.25) is 0 Å². The van der Waals surface area contributed by atoms with Crippen molar-refractivity contribution in [1.29, 1.82) is 0 Å². The molecule has 2 fully saturated rings. The van der Waals surface area contributed by atoms with Crippen LogP contribution in [0.25, 0.3) is 0 Å². The van der Waals surface area contributed by atoms with E-state index >= 15 is 0 Å². The van der Waals surface area contributed by atoms with E-state index in [1.54, 1.807) is 0 Å². The van der Waals surface area contributed by atoms with Gasteiger partial charge in [-0.2, -0.15) is 0 Å². The third-order valence-corrected chi connectivity index (χ3v) is 4.38. The molecule has 1 N–H and O–H groups in total. The highest BCUT2D eigenvalue weighted by molar-refractivity contribution is 5.80. The molecule has 1 saturated carbocycles. The Balaban J connectivity index is 1.79. The maximum Gasteiger partial charge on any atom is 0.325 e. The summed E-state index contributed by atoms with van der Waals surface area (Å²) in [6.07, 6.45) is 4.74. The fourth-order valence-electron chi connectivity index (χ4n) is 3.26. The molecular weight excluding hydrogens is 268 g/mol. The highest BCUT2D eigenvalue weighted by atomic mass is 16.5. The van der Waals surface area contributed by atoms with E-state index in [1.807, 2.05) is 6.92 Å². The number of morpholine rings is 1. The number of nitrogens with one attached hydrogen (secondary N) is 1. The largest absolute Gasteiger partial charge is 0.468 e. The van der Waals surface area contributed by atoms with Crippen LogP contribution >= 0.6 is 0 Å². The zero-order valence-corrected chi connectivity index (χ0v) is 13.9. The lowest BCUT2D eigenvalue weighted by molar-refractivity contribution is -0.148. The van der Waals surface area contributed by atoms with Gasteiger partial charge in [-0.1, -0.05) is 0 Å². The second-order valence-corrected chi connectivity index (χ2v) is 6.86. The second kappa shape index (κ2) is 7.07. The molecule has 5 nitrogen and oxygen atoms in total. The van der Waals surface area contributed by atoms with Crippen LogP contribution in [0, 0.1) is 0 Å². The summed E-state index contributed by atoms with van der Waals surface area (Å²) in [7, 11) is 1.47. The van der Waals surface area contributed by atoms with Crippen molar-refractivity contribution in [3.8, 4) is 0 Å². The van der Waals surface area contributed by atoms with Gasteiger partial charge < -0.3 is 9.47 Å². The molecule has 5 heteroatoms. The maximum atomic E-state index is 12.1. The fraction of sp³-hybridized carbons (Fsp3) is 0.938. The maximum absolute atomic E-state index is 12.1. The number of rotatable bonds is 7. The van der Waals surface area contributed by atoms with Crippen LogP contribution in [0.4, 0.5) is 0 Å². The van der Waals surface area contributed by atoms with E-state index < -0.39 is 5.54 Å². The number of hydrogen-bond acceptors (Lipinski definition) is 5. The number of methoxy groups -OCH3 is 1. The molecule has 21 heavy (non-hydrogen) atoms. The normalized spacial score (nSPS) is 29.9. The summed E-state index contributed by atoms with van der Waals surface area (Å²) in [6, 6.07) is 0.498. The van der Waals surface area contributed by atoms with Gasteiger partial charge in [0.15, 0.2) is 0 Å². The van der Waals surface area contributed by atoms with Crippen molar-refractivity contribution in [3.63, 3.8) is 0 Å². The van der Waals surface area contributed by atoms with Crippen LogP contribution in [-0.4, -0.2) is 61.4 Å². The monoisotopic (exact) mass is 298 g/mol. The minimum atomic E-state index is -0.542. The SMILES string of the molecule is COC(=O)C(C)(CCCN1CC(C)OC(C)C1)NC1CC1. The van der Waals surface area contributed by atoms with Crippen LogP contribution in [0.15, 0.2) is 0 Å². The third kappa shape index (κ3) is 4.94. The first-order valence-electron chi connectivity index (χ1n) is 8.17. The minimum absolute atomic E-state index is 0.141. The minimum Gasteiger partial charge on any atom is -0.468 e. The van der Waals surface area contributed by atoms with Gasteiger partial charge in [-0.3, -0.25) is 15.0 Å². The standard InChI is InChI=1S/C16H30N2O3/c1-12-10-18(11-13(2)21-12)9-5-8-16(3,15(19)20-4)17-14-6-7-14/h12-14,17H,5-11H2,1-4H3. The van der Waals surface area contributed by atoms with E-state index in [4.69, 9.17) is 9.47 Å². The first-order valence-corrected chi connectivity index (χ1v) is 8.17. The predicted octanol–water partition coefficient (Wildman–Crippen LogP) is 1.56. The number of esters is 1. The zero-order valence-electron chi connectivity index (χ0n) is 13.9. The summed E-state index contributed by atoms with van der Waals surface area (Å²) in [5.41, 5.74) is -0.542. The van der Waals surface area contributed by atoms with E-state index in [0.29, 0.717) is 18.2 Å². The summed E-state index contributed by atoms with van der Waals surface area (Å²) < 4.78 is 10.7. The molecule has 3 atom stereocenters. The van der Waals surface area contributed by atoms with Gasteiger partial charge in [0.25, 0.3) is 0 Å². The van der Waals surface area contributed by atoms with Crippen molar-refractivity contribution >= 4 is 5.97 Å². The summed E-state index contributed by atoms with van der Waals surface area (Å²) >= 11 is 0. The van der Waals surface area contributed by atoms with Crippen LogP contribution in [-0.2, 0) is 14.3 Å². The topological polar surface area (TPSA) is 50.8 Å². The van der Waals surface area contributed by atoms with Gasteiger partial charge in [-0.05, 0) is 53.0 Å². The lowest BCUT2D eigenvalue weighted by atomic mass is 9.95. The first kappa shape index (κ1) is 16.7. The number of nitrogens with zero attached hydrogens (tertiary/aromatic N) is 1. The molecule has 0 aromatic carbocycles. The number of carbonyl (C=O) groups excluding carboxylic acids is 1. The van der Waals surface area contributed by atoms with Crippen LogP contribution in [0.3, 0.4) is 0 Å². The third-order valence-electron chi connectivity index (χ3n) is 4.38. The van der Waals surface area contributed by atoms with Gasteiger partial charge in [0.1, 0.15) is 5.54 Å². The highest BCUT2D eigenvalue weighted by Crippen LogP contribution is 2.26. The Morgan fingerprint density at radius 1 is 1.33 bits per heavy atom. The quantitative estimate of drug-likeness (QED) is 0.723. The molecule has 2 aliphatic rings. The van der Waals surface area contributed by atoms with Gasteiger partial charge in [0.2, 0.25) is 0 Å². The molecule has 3 unspecified atom stereocenters. The smallest absolute Gasteiger partial charge is 0.325 e. The Morgan fingerprint density at radius 2 is 1.95 bits per heavy atom. The zero-order chi connectivity index (χ0) is 15.5. The summed E-state index contributed by atoms with van der Waals surface area (Å²) in [5, 5.41) is 3.46. The Hall–Kier alpha value is -0.650. The van der Waals surface area contributed by atoms with E-state index in [9.17, 15) is 4.79 Å². The van der Waals surface area contributed by atoms with Crippen molar-refractivity contribution in [3.05, 3.63) is 0 Å². The molecule has 122 valence electrons. The van der Waals surface area contributed by atoms with Gasteiger partial charge in [0, 0.05) is 19.1 Å². The lowest BCUT2D eigenvalue weighted by Crippen LogP contribution is -2.52. The fourth-order valence-corrected chi connectivity index (χ4v) is 3.26. The van der Waals surface area contributed by atoms with Crippen molar-refractivity contribution in [2.45, 2.75) is 70.2 Å². The number of hydrogen-bond donors (Lipinski definition) is 1. The number of carbonyl (C=O) groups is 1. The Morgan fingerprint density at radius 3 is 2.48 bits per heavy atom. The van der Waals surface area contributed by atoms with Crippen LogP contribution < -0.4 is 5.32 Å². The number of ether oxygens (including phenoxy) is 2. The molecule has 0 amide bonds. The molecule has 0 aromatic heterocycles. The van der Waals surface area contributed by atoms with Crippen molar-refractivity contribution < 1.29 is 14.3 Å². The van der Waals surface area contributed by atoms with E-state index in [-0.39, 0.29) is 5.97 Å². The summed E-state index contributed by atoms with van der Waals surface area (Å²) in [5.74, 6) is -0.141. The van der Waals surface area contributed by atoms with Gasteiger partial charge >= 0.3 is 5.97 Å². The van der Waals surface area contributed by atoms with Crippen molar-refractivity contribution in [1.82, 2.24) is 10.2 Å². The van der Waals surface area contributed by atoms with Gasteiger partial charge in [0.05, 0.1) is 19.3 Å². The average molecular weight is 298 g/mol. The Bertz CT molecular complexity index is 349. The first-order chi connectivity index (χ1) is 9.93. The van der Waals surface area contributed by atoms with Crippen LogP contribution in [0.5, 0.6) is 0 Å². The average Bonchev–Trinajstić information content (AvgIpc) is 3.20. The van der Waals surface area contributed by atoms with Crippen LogP contribution in [0.1, 0.15) is 46.5 Å². The van der Waals surface area contributed by atoms with Gasteiger partial charge in [-0.15, -0.1) is 0 Å². The highest BCUT2D eigenvalue weighted by Gasteiger charge is 2.39. The molecule has 0 radical (unpaired) electrons. The Labute approximate surface area is 128 Å². The molecule has 0 aromatic rings. The summed E-state index contributed by atoms with van der Waals surface area (Å²) in [4.78, 5) is 14.5.